The molecule has 0 aromatic carbocycles. The third-order valence-corrected chi connectivity index (χ3v) is 7.21. The Morgan fingerprint density at radius 3 is 2.50 bits per heavy atom. The molecule has 4 bridgehead atoms. The zero-order chi connectivity index (χ0) is 20.3. The smallest absolute Gasteiger partial charge is 0.253 e. The summed E-state index contributed by atoms with van der Waals surface area (Å²) in [5.74, 6) is 2.87. The van der Waals surface area contributed by atoms with E-state index in [0.29, 0.717) is 41.5 Å². The predicted molar refractivity (Wildman–Crippen MR) is 120 cm³/mol. The lowest BCUT2D eigenvalue weighted by atomic mass is 9.49. The standard InChI is InChI=1S/C22H32ClN3O3.ClH/c23-19-13-25-20(29-5-3-24-2-1-4-27)9-18(19)21(28)26-14-22-10-15-6-16(11-22)8-17(7-15)12-22;/h9,13,15-17,24,27H,1-8,10-12,14H2,(H,26,28);1H. The van der Waals surface area contributed by atoms with E-state index in [-0.39, 0.29) is 24.9 Å². The molecule has 1 aromatic rings. The van der Waals surface area contributed by atoms with E-state index in [1.54, 1.807) is 6.07 Å². The maximum Gasteiger partial charge on any atom is 0.253 e. The van der Waals surface area contributed by atoms with Crippen LogP contribution in [0.3, 0.4) is 0 Å². The number of carbonyl (C=O) groups is 1. The Hall–Kier alpha value is -1.08. The van der Waals surface area contributed by atoms with Crippen LogP contribution < -0.4 is 15.4 Å². The van der Waals surface area contributed by atoms with Crippen molar-refractivity contribution in [2.24, 2.45) is 23.2 Å². The molecular weight excluding hydrogens is 425 g/mol. The van der Waals surface area contributed by atoms with Crippen LogP contribution in [-0.2, 0) is 0 Å². The van der Waals surface area contributed by atoms with Crippen LogP contribution in [0, 0.1) is 23.2 Å². The summed E-state index contributed by atoms with van der Waals surface area (Å²) in [6.07, 6.45) is 10.2. The number of pyridine rings is 1. The number of ether oxygens (including phenoxy) is 1. The molecule has 4 aliphatic carbocycles. The largest absolute Gasteiger partial charge is 0.476 e. The fourth-order valence-corrected chi connectivity index (χ4v) is 6.29. The number of hydrogen-bond donors (Lipinski definition) is 3. The Balaban J connectivity index is 0.00000256. The van der Waals surface area contributed by atoms with Crippen molar-refractivity contribution in [3.8, 4) is 5.88 Å². The topological polar surface area (TPSA) is 83.5 Å². The van der Waals surface area contributed by atoms with Gasteiger partial charge in [0.05, 0.1) is 16.8 Å². The van der Waals surface area contributed by atoms with E-state index in [2.05, 4.69) is 15.6 Å². The lowest BCUT2D eigenvalue weighted by Crippen LogP contribution is -2.51. The normalized spacial score (nSPS) is 28.8. The first-order chi connectivity index (χ1) is 14.1. The molecule has 0 unspecified atom stereocenters. The molecule has 0 aliphatic heterocycles. The fraction of sp³-hybridized carbons (Fsp3) is 0.727. The molecule has 6 nitrogen and oxygen atoms in total. The van der Waals surface area contributed by atoms with Gasteiger partial charge in [0.25, 0.3) is 5.91 Å². The Morgan fingerprint density at radius 2 is 1.87 bits per heavy atom. The highest BCUT2D eigenvalue weighted by Crippen LogP contribution is 2.59. The van der Waals surface area contributed by atoms with Gasteiger partial charge < -0.3 is 20.5 Å². The van der Waals surface area contributed by atoms with Crippen molar-refractivity contribution in [3.63, 3.8) is 0 Å². The van der Waals surface area contributed by atoms with E-state index in [4.69, 9.17) is 21.4 Å². The number of aliphatic hydroxyl groups is 1. The summed E-state index contributed by atoms with van der Waals surface area (Å²) in [5.41, 5.74) is 0.721. The highest BCUT2D eigenvalue weighted by atomic mass is 35.5. The molecule has 0 spiro atoms. The molecule has 5 rings (SSSR count). The SMILES string of the molecule is Cl.O=C(NCC12CC3CC(CC(C3)C1)C2)c1cc(OCCNCCCO)ncc1Cl. The number of nitrogens with one attached hydrogen (secondary N) is 2. The molecule has 0 atom stereocenters. The van der Waals surface area contributed by atoms with Gasteiger partial charge in [-0.05, 0) is 74.7 Å². The molecule has 4 saturated carbocycles. The van der Waals surface area contributed by atoms with Crippen LogP contribution in [0.4, 0.5) is 0 Å². The van der Waals surface area contributed by atoms with E-state index < -0.39 is 0 Å². The molecule has 4 fully saturated rings. The Kier molecular flexibility index (Phi) is 8.24. The van der Waals surface area contributed by atoms with E-state index in [9.17, 15) is 4.79 Å². The summed E-state index contributed by atoms with van der Waals surface area (Å²) < 4.78 is 5.64. The first-order valence-corrected chi connectivity index (χ1v) is 11.3. The molecule has 3 N–H and O–H groups in total. The van der Waals surface area contributed by atoms with Crippen LogP contribution in [0.15, 0.2) is 12.3 Å². The minimum Gasteiger partial charge on any atom is -0.476 e. The summed E-state index contributed by atoms with van der Waals surface area (Å²) in [5, 5.41) is 15.5. The van der Waals surface area contributed by atoms with Crippen molar-refractivity contribution in [1.29, 1.82) is 0 Å². The monoisotopic (exact) mass is 457 g/mol. The average molecular weight is 458 g/mol. The lowest BCUT2D eigenvalue weighted by molar-refractivity contribution is -0.0503. The van der Waals surface area contributed by atoms with Crippen molar-refractivity contribution in [2.45, 2.75) is 44.9 Å². The Labute approximate surface area is 189 Å². The lowest BCUT2D eigenvalue weighted by Gasteiger charge is -2.56. The molecule has 1 heterocycles. The molecule has 1 amide bonds. The molecular formula is C22H33Cl2N3O3. The highest BCUT2D eigenvalue weighted by Gasteiger charge is 2.50. The number of halogens is 2. The average Bonchev–Trinajstić information content (AvgIpc) is 2.69. The molecule has 0 saturated heterocycles. The van der Waals surface area contributed by atoms with Crippen molar-refractivity contribution in [2.75, 3.05) is 32.8 Å². The van der Waals surface area contributed by atoms with Crippen LogP contribution in [0.2, 0.25) is 5.02 Å². The number of carbonyl (C=O) groups excluding carboxylic acids is 1. The Morgan fingerprint density at radius 1 is 1.20 bits per heavy atom. The predicted octanol–water partition coefficient (Wildman–Crippen LogP) is 3.45. The second-order valence-corrected chi connectivity index (χ2v) is 9.69. The number of amides is 1. The maximum atomic E-state index is 12.8. The number of nitrogens with zero attached hydrogens (tertiary/aromatic N) is 1. The van der Waals surface area contributed by atoms with Gasteiger partial charge in [-0.1, -0.05) is 11.6 Å². The van der Waals surface area contributed by atoms with Gasteiger partial charge in [-0.15, -0.1) is 12.4 Å². The highest BCUT2D eigenvalue weighted by molar-refractivity contribution is 6.33. The zero-order valence-electron chi connectivity index (χ0n) is 17.4. The van der Waals surface area contributed by atoms with E-state index in [0.717, 1.165) is 30.8 Å². The van der Waals surface area contributed by atoms with Crippen molar-refractivity contribution >= 4 is 29.9 Å². The maximum absolute atomic E-state index is 12.8. The second-order valence-electron chi connectivity index (χ2n) is 9.28. The van der Waals surface area contributed by atoms with Crippen LogP contribution in [0.1, 0.15) is 55.3 Å². The minimum absolute atomic E-state index is 0. The van der Waals surface area contributed by atoms with E-state index in [1.165, 1.54) is 44.7 Å². The number of aromatic nitrogens is 1. The van der Waals surface area contributed by atoms with Crippen molar-refractivity contribution in [1.82, 2.24) is 15.6 Å². The summed E-state index contributed by atoms with van der Waals surface area (Å²) >= 11 is 6.25. The summed E-state index contributed by atoms with van der Waals surface area (Å²) in [6, 6.07) is 1.63. The van der Waals surface area contributed by atoms with Gasteiger partial charge in [0, 0.05) is 25.8 Å². The second kappa shape index (κ2) is 10.5. The van der Waals surface area contributed by atoms with Gasteiger partial charge in [-0.25, -0.2) is 4.98 Å². The van der Waals surface area contributed by atoms with Crippen LogP contribution in [-0.4, -0.2) is 48.8 Å². The molecule has 1 aromatic heterocycles. The first-order valence-electron chi connectivity index (χ1n) is 10.9. The number of rotatable bonds is 10. The van der Waals surface area contributed by atoms with Crippen LogP contribution in [0.25, 0.3) is 0 Å². The van der Waals surface area contributed by atoms with Crippen molar-refractivity contribution in [3.05, 3.63) is 22.8 Å². The summed E-state index contributed by atoms with van der Waals surface area (Å²) in [7, 11) is 0. The number of aliphatic hydroxyl groups excluding tert-OH is 1. The van der Waals surface area contributed by atoms with E-state index >= 15 is 0 Å². The molecule has 8 heteroatoms. The molecule has 168 valence electrons. The van der Waals surface area contributed by atoms with Gasteiger partial charge in [0.2, 0.25) is 5.88 Å². The van der Waals surface area contributed by atoms with Gasteiger partial charge in [-0.3, -0.25) is 4.79 Å². The Bertz CT molecular complexity index is 696. The van der Waals surface area contributed by atoms with Crippen LogP contribution >= 0.6 is 24.0 Å². The van der Waals surface area contributed by atoms with Gasteiger partial charge in [0.1, 0.15) is 6.61 Å². The van der Waals surface area contributed by atoms with Gasteiger partial charge >= 0.3 is 0 Å². The minimum atomic E-state index is -0.140. The number of hydrogen-bond acceptors (Lipinski definition) is 5. The zero-order valence-corrected chi connectivity index (χ0v) is 18.9. The first kappa shape index (κ1) is 23.6. The third kappa shape index (κ3) is 5.58. The molecule has 0 radical (unpaired) electrons. The molecule has 4 aliphatic rings. The van der Waals surface area contributed by atoms with Crippen molar-refractivity contribution < 1.29 is 14.6 Å². The molecule has 30 heavy (non-hydrogen) atoms. The summed E-state index contributed by atoms with van der Waals surface area (Å²) in [6.45, 7) is 2.76. The van der Waals surface area contributed by atoms with Crippen LogP contribution in [0.5, 0.6) is 5.88 Å². The quantitative estimate of drug-likeness (QED) is 0.468. The van der Waals surface area contributed by atoms with Gasteiger partial charge in [0.15, 0.2) is 0 Å². The van der Waals surface area contributed by atoms with E-state index in [1.807, 2.05) is 0 Å². The third-order valence-electron chi connectivity index (χ3n) is 6.90. The fourth-order valence-electron chi connectivity index (χ4n) is 6.10. The summed E-state index contributed by atoms with van der Waals surface area (Å²) in [4.78, 5) is 17.0. The van der Waals surface area contributed by atoms with Gasteiger partial charge in [-0.2, -0.15) is 0 Å².